The van der Waals surface area contributed by atoms with E-state index < -0.39 is 6.17 Å². The number of hydrogen-bond acceptors (Lipinski definition) is 5. The van der Waals surface area contributed by atoms with Crippen LogP contribution in [0.2, 0.25) is 0 Å². The topological polar surface area (TPSA) is 59.1 Å². The minimum atomic E-state index is -0.764. The van der Waals surface area contributed by atoms with E-state index in [1.165, 1.54) is 0 Å². The fourth-order valence-corrected chi connectivity index (χ4v) is 3.22. The highest BCUT2D eigenvalue weighted by molar-refractivity contribution is 5.04. The van der Waals surface area contributed by atoms with Crippen molar-refractivity contribution in [1.29, 1.82) is 0 Å². The van der Waals surface area contributed by atoms with Gasteiger partial charge in [0.25, 0.3) is 0 Å². The molecule has 1 N–H and O–H groups in total. The first-order chi connectivity index (χ1) is 11.6. The lowest BCUT2D eigenvalue weighted by Gasteiger charge is -2.25. The average Bonchev–Trinajstić information content (AvgIpc) is 3.26. The molecule has 24 heavy (non-hydrogen) atoms. The van der Waals surface area contributed by atoms with Gasteiger partial charge in [-0.3, -0.25) is 9.58 Å². The van der Waals surface area contributed by atoms with E-state index in [9.17, 15) is 4.39 Å². The number of rotatable bonds is 8. The van der Waals surface area contributed by atoms with Gasteiger partial charge in [-0.1, -0.05) is 5.16 Å². The number of halogens is 1. The molecule has 6 nitrogen and oxygen atoms in total. The molecule has 1 aliphatic rings. The predicted octanol–water partition coefficient (Wildman–Crippen LogP) is 2.16. The number of nitrogens with one attached hydrogen (secondary N) is 1. The van der Waals surface area contributed by atoms with Gasteiger partial charge in [-0.05, 0) is 32.8 Å². The van der Waals surface area contributed by atoms with Crippen LogP contribution in [0.1, 0.15) is 31.2 Å². The van der Waals surface area contributed by atoms with Gasteiger partial charge >= 0.3 is 0 Å². The molecular formula is C17H26FN5O. The van der Waals surface area contributed by atoms with Gasteiger partial charge in [-0.15, -0.1) is 0 Å². The largest absolute Gasteiger partial charge is 0.360 e. The van der Waals surface area contributed by atoms with Crippen LogP contribution in [0.15, 0.2) is 29.0 Å². The molecular weight excluding hydrogens is 309 g/mol. The SMILES string of the molecule is Cc1cc(CN2C[C@@H](F)C[C@H]2CNC(C)CCn2cccn2)on1. The van der Waals surface area contributed by atoms with Gasteiger partial charge in [0.05, 0.1) is 12.2 Å². The lowest BCUT2D eigenvalue weighted by molar-refractivity contribution is 0.201. The van der Waals surface area contributed by atoms with Crippen molar-refractivity contribution >= 4 is 0 Å². The molecule has 0 saturated carbocycles. The molecule has 2 aromatic rings. The van der Waals surface area contributed by atoms with Crippen LogP contribution in [0.25, 0.3) is 0 Å². The van der Waals surface area contributed by atoms with Crippen molar-refractivity contribution in [2.45, 2.75) is 58.0 Å². The molecule has 132 valence electrons. The first kappa shape index (κ1) is 17.1. The Balaban J connectivity index is 1.45. The summed E-state index contributed by atoms with van der Waals surface area (Å²) in [6.07, 6.45) is 4.57. The molecule has 0 spiro atoms. The van der Waals surface area contributed by atoms with Crippen molar-refractivity contribution in [2.75, 3.05) is 13.1 Å². The smallest absolute Gasteiger partial charge is 0.150 e. The molecule has 3 atom stereocenters. The summed E-state index contributed by atoms with van der Waals surface area (Å²) >= 11 is 0. The molecule has 0 bridgehead atoms. The minimum Gasteiger partial charge on any atom is -0.360 e. The van der Waals surface area contributed by atoms with Crippen LogP contribution in [0.5, 0.6) is 0 Å². The highest BCUT2D eigenvalue weighted by Gasteiger charge is 2.32. The van der Waals surface area contributed by atoms with Crippen LogP contribution in [-0.2, 0) is 13.1 Å². The van der Waals surface area contributed by atoms with Crippen LogP contribution >= 0.6 is 0 Å². The third kappa shape index (κ3) is 4.64. The number of aryl methyl sites for hydroxylation is 2. The van der Waals surface area contributed by atoms with Crippen LogP contribution in [0, 0.1) is 6.92 Å². The van der Waals surface area contributed by atoms with Gasteiger partial charge in [-0.2, -0.15) is 5.10 Å². The number of alkyl halides is 1. The van der Waals surface area contributed by atoms with Crippen LogP contribution in [0.3, 0.4) is 0 Å². The molecule has 3 rings (SSSR count). The van der Waals surface area contributed by atoms with E-state index in [1.54, 1.807) is 6.20 Å². The Bertz CT molecular complexity index is 614. The van der Waals surface area contributed by atoms with Crippen LogP contribution < -0.4 is 5.32 Å². The monoisotopic (exact) mass is 335 g/mol. The van der Waals surface area contributed by atoms with Gasteiger partial charge < -0.3 is 9.84 Å². The zero-order valence-corrected chi connectivity index (χ0v) is 14.4. The maximum absolute atomic E-state index is 13.9. The summed E-state index contributed by atoms with van der Waals surface area (Å²) in [6.45, 7) is 6.82. The second-order valence-electron chi connectivity index (χ2n) is 6.72. The summed E-state index contributed by atoms with van der Waals surface area (Å²) in [5, 5.41) is 11.7. The van der Waals surface area contributed by atoms with Crippen LogP contribution in [0.4, 0.5) is 4.39 Å². The van der Waals surface area contributed by atoms with Crippen molar-refractivity contribution < 1.29 is 8.91 Å². The molecule has 1 unspecified atom stereocenters. The molecule has 0 radical (unpaired) electrons. The van der Waals surface area contributed by atoms with E-state index in [0.29, 0.717) is 25.6 Å². The zero-order valence-electron chi connectivity index (χ0n) is 14.4. The molecule has 0 amide bonds. The number of nitrogens with zero attached hydrogens (tertiary/aromatic N) is 4. The van der Waals surface area contributed by atoms with Gasteiger partial charge in [0.2, 0.25) is 0 Å². The molecule has 1 fully saturated rings. The van der Waals surface area contributed by atoms with E-state index in [-0.39, 0.29) is 6.04 Å². The van der Waals surface area contributed by atoms with Crippen molar-refractivity contribution in [3.63, 3.8) is 0 Å². The predicted molar refractivity (Wildman–Crippen MR) is 89.3 cm³/mol. The van der Waals surface area contributed by atoms with E-state index in [1.807, 2.05) is 29.9 Å². The summed E-state index contributed by atoms with van der Waals surface area (Å²) < 4.78 is 21.1. The van der Waals surface area contributed by atoms with Crippen molar-refractivity contribution in [3.05, 3.63) is 36.0 Å². The maximum atomic E-state index is 13.9. The Morgan fingerprint density at radius 3 is 3.08 bits per heavy atom. The fourth-order valence-electron chi connectivity index (χ4n) is 3.22. The molecule has 1 aliphatic heterocycles. The summed E-state index contributed by atoms with van der Waals surface area (Å²) in [5.74, 6) is 0.804. The second-order valence-corrected chi connectivity index (χ2v) is 6.72. The number of likely N-dealkylation sites (tertiary alicyclic amines) is 1. The summed E-state index contributed by atoms with van der Waals surface area (Å²) in [7, 11) is 0. The van der Waals surface area contributed by atoms with Crippen molar-refractivity contribution in [1.82, 2.24) is 25.2 Å². The lowest BCUT2D eigenvalue weighted by atomic mass is 10.1. The maximum Gasteiger partial charge on any atom is 0.150 e. The molecule has 1 saturated heterocycles. The van der Waals surface area contributed by atoms with E-state index in [2.05, 4.69) is 27.4 Å². The van der Waals surface area contributed by atoms with Gasteiger partial charge in [0, 0.05) is 50.2 Å². The first-order valence-corrected chi connectivity index (χ1v) is 8.61. The Morgan fingerprint density at radius 2 is 2.38 bits per heavy atom. The number of hydrogen-bond donors (Lipinski definition) is 1. The Hall–Kier alpha value is -1.73. The van der Waals surface area contributed by atoms with E-state index in [4.69, 9.17) is 4.52 Å². The molecule has 7 heteroatoms. The highest BCUT2D eigenvalue weighted by atomic mass is 19.1. The van der Waals surface area contributed by atoms with Crippen molar-refractivity contribution in [3.8, 4) is 0 Å². The lowest BCUT2D eigenvalue weighted by Crippen LogP contribution is -2.40. The van der Waals surface area contributed by atoms with Gasteiger partial charge in [0.1, 0.15) is 6.17 Å². The second kappa shape index (κ2) is 7.90. The molecule has 3 heterocycles. The van der Waals surface area contributed by atoms with Crippen molar-refractivity contribution in [2.24, 2.45) is 0 Å². The standard InChI is InChI=1S/C17H26FN5O/c1-13(4-7-23-6-3-5-20-23)19-10-16-9-15(18)11-22(16)12-17-8-14(2)21-24-17/h3,5-6,8,13,15-16,19H,4,7,9-12H2,1-2H3/t13?,15-,16-/m0/s1. The molecule has 2 aromatic heterocycles. The molecule has 0 aliphatic carbocycles. The third-order valence-electron chi connectivity index (χ3n) is 4.56. The summed E-state index contributed by atoms with van der Waals surface area (Å²) in [5.41, 5.74) is 0.864. The quantitative estimate of drug-likeness (QED) is 0.801. The summed E-state index contributed by atoms with van der Waals surface area (Å²) in [6, 6.07) is 4.41. The molecule has 0 aromatic carbocycles. The van der Waals surface area contributed by atoms with Gasteiger partial charge in [-0.25, -0.2) is 4.39 Å². The fraction of sp³-hybridized carbons (Fsp3) is 0.647. The highest BCUT2D eigenvalue weighted by Crippen LogP contribution is 2.22. The van der Waals surface area contributed by atoms with E-state index in [0.717, 1.165) is 31.0 Å². The Kier molecular flexibility index (Phi) is 5.63. The average molecular weight is 335 g/mol. The normalized spacial score (nSPS) is 23.0. The van der Waals surface area contributed by atoms with E-state index >= 15 is 0 Å². The zero-order chi connectivity index (χ0) is 16.9. The minimum absolute atomic E-state index is 0.192. The van der Waals surface area contributed by atoms with Gasteiger partial charge in [0.15, 0.2) is 5.76 Å². The Morgan fingerprint density at radius 1 is 1.50 bits per heavy atom. The van der Waals surface area contributed by atoms with Crippen LogP contribution in [-0.4, -0.2) is 51.2 Å². The first-order valence-electron chi connectivity index (χ1n) is 8.61. The summed E-state index contributed by atoms with van der Waals surface area (Å²) in [4.78, 5) is 2.15. The Labute approximate surface area is 142 Å². The third-order valence-corrected chi connectivity index (χ3v) is 4.56. The number of aromatic nitrogens is 3.